The number of thioether (sulfide) groups is 1. The summed E-state index contributed by atoms with van der Waals surface area (Å²) in [7, 11) is 0. The fourth-order valence-electron chi connectivity index (χ4n) is 2.28. The van der Waals surface area contributed by atoms with Crippen LogP contribution in [0.2, 0.25) is 0 Å². The summed E-state index contributed by atoms with van der Waals surface area (Å²) in [4.78, 5) is 28.4. The van der Waals surface area contributed by atoms with Crippen LogP contribution in [0.1, 0.15) is 21.9 Å². The van der Waals surface area contributed by atoms with Gasteiger partial charge in [-0.15, -0.1) is 0 Å². The lowest BCUT2D eigenvalue weighted by Crippen LogP contribution is -2.33. The number of aromatic hydroxyl groups is 1. The second kappa shape index (κ2) is 6.41. The molecule has 2 heterocycles. The van der Waals surface area contributed by atoms with Gasteiger partial charge in [-0.05, 0) is 17.7 Å². The van der Waals surface area contributed by atoms with Gasteiger partial charge in [-0.1, -0.05) is 12.1 Å². The molecule has 1 aromatic heterocycles. The SMILES string of the molecule is O=C(NCc1ccc(F)cc1)c1nc2n(c(=O)c1O)CCSC2. The number of carbonyl (C=O) groups is 1. The Morgan fingerprint density at radius 3 is 2.87 bits per heavy atom. The smallest absolute Gasteiger partial charge is 0.296 e. The molecule has 1 aliphatic heterocycles. The van der Waals surface area contributed by atoms with Gasteiger partial charge in [-0.2, -0.15) is 11.8 Å². The van der Waals surface area contributed by atoms with Crippen LogP contribution in [0.3, 0.4) is 0 Å². The summed E-state index contributed by atoms with van der Waals surface area (Å²) in [6, 6.07) is 5.67. The van der Waals surface area contributed by atoms with Crippen LogP contribution in [0.5, 0.6) is 5.75 Å². The minimum Gasteiger partial charge on any atom is -0.501 e. The third kappa shape index (κ3) is 3.21. The number of nitrogens with one attached hydrogen (secondary N) is 1. The van der Waals surface area contributed by atoms with E-state index in [1.165, 1.54) is 16.7 Å². The summed E-state index contributed by atoms with van der Waals surface area (Å²) in [5.41, 5.74) is -0.169. The molecule has 0 unspecified atom stereocenters. The van der Waals surface area contributed by atoms with Crippen molar-refractivity contribution in [3.63, 3.8) is 0 Å². The lowest BCUT2D eigenvalue weighted by Gasteiger charge is -2.18. The van der Waals surface area contributed by atoms with Crippen molar-refractivity contribution >= 4 is 17.7 Å². The molecule has 1 aromatic carbocycles. The van der Waals surface area contributed by atoms with Crippen molar-refractivity contribution in [3.8, 4) is 5.75 Å². The zero-order chi connectivity index (χ0) is 16.4. The molecule has 8 heteroatoms. The molecule has 0 spiro atoms. The Bertz CT molecular complexity index is 805. The zero-order valence-corrected chi connectivity index (χ0v) is 12.9. The summed E-state index contributed by atoms with van der Waals surface area (Å²) in [5, 5.41) is 12.5. The third-order valence-corrected chi connectivity index (χ3v) is 4.43. The molecule has 0 radical (unpaired) electrons. The van der Waals surface area contributed by atoms with Gasteiger partial charge in [0.15, 0.2) is 5.69 Å². The van der Waals surface area contributed by atoms with Crippen LogP contribution >= 0.6 is 11.8 Å². The zero-order valence-electron chi connectivity index (χ0n) is 12.1. The molecule has 3 rings (SSSR count). The first kappa shape index (κ1) is 15.5. The van der Waals surface area contributed by atoms with E-state index in [9.17, 15) is 19.1 Å². The van der Waals surface area contributed by atoms with Gasteiger partial charge in [-0.25, -0.2) is 9.37 Å². The van der Waals surface area contributed by atoms with Crippen molar-refractivity contribution in [2.24, 2.45) is 0 Å². The fourth-order valence-corrected chi connectivity index (χ4v) is 3.13. The van der Waals surface area contributed by atoms with Crippen LogP contribution in [-0.4, -0.2) is 26.3 Å². The Morgan fingerprint density at radius 1 is 1.39 bits per heavy atom. The van der Waals surface area contributed by atoms with Gasteiger partial charge in [0.2, 0.25) is 5.75 Å². The molecule has 0 saturated carbocycles. The number of fused-ring (bicyclic) bond motifs is 1. The monoisotopic (exact) mass is 335 g/mol. The molecule has 0 atom stereocenters. The maximum absolute atomic E-state index is 12.8. The first-order chi connectivity index (χ1) is 11.1. The molecular formula is C15H14FN3O3S. The van der Waals surface area contributed by atoms with E-state index in [4.69, 9.17) is 0 Å². The number of carbonyl (C=O) groups excluding carboxylic acids is 1. The van der Waals surface area contributed by atoms with Gasteiger partial charge in [-0.3, -0.25) is 14.2 Å². The standard InChI is InChI=1S/C15H14FN3O3S/c16-10-3-1-9(2-4-10)7-17-14(21)12-13(20)15(22)19-5-6-23-8-11(19)18-12/h1-4,20H,5-8H2,(H,17,21). The highest BCUT2D eigenvalue weighted by molar-refractivity contribution is 7.98. The Hall–Kier alpha value is -2.35. The second-order valence-electron chi connectivity index (χ2n) is 5.04. The Morgan fingerprint density at radius 2 is 2.13 bits per heavy atom. The van der Waals surface area contributed by atoms with Crippen LogP contribution in [0.4, 0.5) is 4.39 Å². The number of benzene rings is 1. The molecule has 6 nitrogen and oxygen atoms in total. The predicted molar refractivity (Wildman–Crippen MR) is 83.9 cm³/mol. The fraction of sp³-hybridized carbons (Fsp3) is 0.267. The molecule has 2 N–H and O–H groups in total. The number of hydrogen-bond donors (Lipinski definition) is 2. The topological polar surface area (TPSA) is 84.2 Å². The third-order valence-electron chi connectivity index (χ3n) is 3.50. The van der Waals surface area contributed by atoms with Gasteiger partial charge < -0.3 is 10.4 Å². The second-order valence-corrected chi connectivity index (χ2v) is 6.15. The number of nitrogens with zero attached hydrogens (tertiary/aromatic N) is 2. The highest BCUT2D eigenvalue weighted by Crippen LogP contribution is 2.19. The lowest BCUT2D eigenvalue weighted by atomic mass is 10.2. The molecule has 0 bridgehead atoms. The van der Waals surface area contributed by atoms with Crippen molar-refractivity contribution in [3.05, 3.63) is 57.5 Å². The maximum atomic E-state index is 12.8. The van der Waals surface area contributed by atoms with E-state index in [0.29, 0.717) is 23.7 Å². The number of amides is 1. The van der Waals surface area contributed by atoms with Crippen molar-refractivity contribution in [2.45, 2.75) is 18.8 Å². The number of aromatic nitrogens is 2. The van der Waals surface area contributed by atoms with Crippen molar-refractivity contribution in [2.75, 3.05) is 5.75 Å². The van der Waals surface area contributed by atoms with Gasteiger partial charge in [0.25, 0.3) is 11.5 Å². The van der Waals surface area contributed by atoms with Crippen LogP contribution in [-0.2, 0) is 18.8 Å². The summed E-state index contributed by atoms with van der Waals surface area (Å²) >= 11 is 1.61. The molecule has 1 amide bonds. The minimum atomic E-state index is -0.641. The van der Waals surface area contributed by atoms with E-state index < -0.39 is 17.2 Å². The van der Waals surface area contributed by atoms with E-state index in [1.54, 1.807) is 23.9 Å². The minimum absolute atomic E-state index is 0.146. The molecule has 23 heavy (non-hydrogen) atoms. The van der Waals surface area contributed by atoms with Gasteiger partial charge in [0, 0.05) is 18.8 Å². The van der Waals surface area contributed by atoms with Crippen LogP contribution in [0.15, 0.2) is 29.1 Å². The average molecular weight is 335 g/mol. The summed E-state index contributed by atoms with van der Waals surface area (Å²) < 4.78 is 14.2. The molecule has 1 aliphatic rings. The first-order valence-corrected chi connectivity index (χ1v) is 8.15. The van der Waals surface area contributed by atoms with Gasteiger partial charge >= 0.3 is 0 Å². The van der Waals surface area contributed by atoms with Crippen LogP contribution in [0.25, 0.3) is 0 Å². The molecule has 0 fully saturated rings. The van der Waals surface area contributed by atoms with Gasteiger partial charge in [0.05, 0.1) is 5.75 Å². The highest BCUT2D eigenvalue weighted by atomic mass is 32.2. The largest absolute Gasteiger partial charge is 0.501 e. The van der Waals surface area contributed by atoms with E-state index in [2.05, 4.69) is 10.3 Å². The van der Waals surface area contributed by atoms with E-state index in [0.717, 1.165) is 5.75 Å². The quantitative estimate of drug-likeness (QED) is 0.882. The Labute approximate surface area is 135 Å². The maximum Gasteiger partial charge on any atom is 0.296 e. The molecular weight excluding hydrogens is 321 g/mol. The summed E-state index contributed by atoms with van der Waals surface area (Å²) in [6.07, 6.45) is 0. The number of rotatable bonds is 3. The summed E-state index contributed by atoms with van der Waals surface area (Å²) in [5.74, 6) is 0.133. The molecule has 0 aliphatic carbocycles. The van der Waals surface area contributed by atoms with E-state index >= 15 is 0 Å². The highest BCUT2D eigenvalue weighted by Gasteiger charge is 2.22. The van der Waals surface area contributed by atoms with Crippen molar-refractivity contribution in [1.29, 1.82) is 0 Å². The number of hydrogen-bond acceptors (Lipinski definition) is 5. The van der Waals surface area contributed by atoms with Crippen molar-refractivity contribution < 1.29 is 14.3 Å². The first-order valence-electron chi connectivity index (χ1n) is 6.99. The van der Waals surface area contributed by atoms with Crippen LogP contribution in [0, 0.1) is 5.82 Å². The predicted octanol–water partition coefficient (Wildman–Crippen LogP) is 1.26. The van der Waals surface area contributed by atoms with Crippen LogP contribution < -0.4 is 10.9 Å². The average Bonchev–Trinajstić information content (AvgIpc) is 2.57. The molecule has 0 saturated heterocycles. The summed E-state index contributed by atoms with van der Waals surface area (Å²) in [6.45, 7) is 0.615. The van der Waals surface area contributed by atoms with Crippen molar-refractivity contribution in [1.82, 2.24) is 14.9 Å². The Balaban J connectivity index is 1.80. The lowest BCUT2D eigenvalue weighted by molar-refractivity contribution is 0.0941. The van der Waals surface area contributed by atoms with Gasteiger partial charge in [0.1, 0.15) is 11.6 Å². The Kier molecular flexibility index (Phi) is 4.33. The molecule has 2 aromatic rings. The van der Waals surface area contributed by atoms with E-state index in [1.807, 2.05) is 0 Å². The van der Waals surface area contributed by atoms with E-state index in [-0.39, 0.29) is 18.1 Å². The normalized spacial score (nSPS) is 13.4. The molecule has 120 valence electrons. The number of halogens is 1.